The molecule has 32 heavy (non-hydrogen) atoms. The van der Waals surface area contributed by atoms with Crippen molar-refractivity contribution in [3.8, 4) is 11.5 Å². The number of ether oxygens (including phenoxy) is 2. The van der Waals surface area contributed by atoms with Crippen LogP contribution in [0.2, 0.25) is 5.02 Å². The van der Waals surface area contributed by atoms with Crippen LogP contribution in [0, 0.1) is 0 Å². The zero-order valence-electron chi connectivity index (χ0n) is 18.0. The molecule has 0 radical (unpaired) electrons. The number of hydrogen-bond donors (Lipinski definition) is 0. The second kappa shape index (κ2) is 9.17. The van der Waals surface area contributed by atoms with Gasteiger partial charge in [0.2, 0.25) is 22.7 Å². The number of benzene rings is 2. The van der Waals surface area contributed by atoms with E-state index >= 15 is 0 Å². The molecule has 8 nitrogen and oxygen atoms in total. The molecule has 2 aliphatic rings. The third-order valence-electron chi connectivity index (χ3n) is 5.67. The van der Waals surface area contributed by atoms with E-state index in [4.69, 9.17) is 21.1 Å². The van der Waals surface area contributed by atoms with Crippen molar-refractivity contribution < 1.29 is 22.7 Å². The monoisotopic (exact) mass is 479 g/mol. The zero-order chi connectivity index (χ0) is 22.9. The molecule has 172 valence electrons. The molecule has 1 saturated heterocycles. The predicted octanol–water partition coefficient (Wildman–Crippen LogP) is 2.57. The Labute approximate surface area is 193 Å². The molecule has 0 aromatic heterocycles. The van der Waals surface area contributed by atoms with Crippen molar-refractivity contribution in [2.24, 2.45) is 0 Å². The normalized spacial score (nSPS) is 17.3. The van der Waals surface area contributed by atoms with Crippen molar-refractivity contribution in [3.05, 3.63) is 53.1 Å². The van der Waals surface area contributed by atoms with Crippen LogP contribution in [0.25, 0.3) is 0 Å². The second-order valence-electron chi connectivity index (χ2n) is 8.00. The third-order valence-corrected chi connectivity index (χ3v) is 7.17. The highest BCUT2D eigenvalue weighted by Gasteiger charge is 2.33. The zero-order valence-corrected chi connectivity index (χ0v) is 19.6. The minimum absolute atomic E-state index is 0.215. The molecule has 1 fully saturated rings. The molecule has 1 atom stereocenters. The second-order valence-corrected chi connectivity index (χ2v) is 10.3. The minimum Gasteiger partial charge on any atom is -0.454 e. The average molecular weight is 480 g/mol. The summed E-state index contributed by atoms with van der Waals surface area (Å²) in [5.74, 6) is 1.30. The Morgan fingerprint density at radius 1 is 1.06 bits per heavy atom. The molecule has 4 rings (SSSR count). The maximum Gasteiger partial charge on any atom is 0.246 e. The lowest BCUT2D eigenvalue weighted by atomic mass is 10.1. The third kappa shape index (κ3) is 4.95. The fraction of sp³-hybridized carbons (Fsp3) is 0.409. The van der Waals surface area contributed by atoms with E-state index in [9.17, 15) is 13.2 Å². The Kier molecular flexibility index (Phi) is 6.50. The van der Waals surface area contributed by atoms with Crippen molar-refractivity contribution in [2.75, 3.05) is 43.5 Å². The number of anilines is 1. The molecule has 0 N–H and O–H groups in total. The summed E-state index contributed by atoms with van der Waals surface area (Å²) in [6.07, 6.45) is 1.11. The van der Waals surface area contributed by atoms with Gasteiger partial charge in [-0.2, -0.15) is 0 Å². The Bertz CT molecular complexity index is 1090. The molecular weight excluding hydrogens is 454 g/mol. The van der Waals surface area contributed by atoms with Gasteiger partial charge in [0, 0.05) is 37.7 Å². The molecule has 2 aromatic carbocycles. The molecule has 0 bridgehead atoms. The lowest BCUT2D eigenvalue weighted by molar-refractivity contribution is -0.133. The summed E-state index contributed by atoms with van der Waals surface area (Å²) in [4.78, 5) is 17.2. The van der Waals surface area contributed by atoms with Gasteiger partial charge in [-0.25, -0.2) is 8.42 Å². The van der Waals surface area contributed by atoms with Gasteiger partial charge in [-0.05, 0) is 48.9 Å². The quantitative estimate of drug-likeness (QED) is 0.633. The summed E-state index contributed by atoms with van der Waals surface area (Å²) in [5.41, 5.74) is 1.53. The first-order valence-electron chi connectivity index (χ1n) is 10.4. The van der Waals surface area contributed by atoms with Crippen LogP contribution in [0.3, 0.4) is 0 Å². The van der Waals surface area contributed by atoms with Crippen molar-refractivity contribution >= 4 is 33.2 Å². The minimum atomic E-state index is -3.66. The molecule has 2 aromatic rings. The van der Waals surface area contributed by atoms with Gasteiger partial charge in [0.25, 0.3) is 0 Å². The summed E-state index contributed by atoms with van der Waals surface area (Å²) in [6, 6.07) is 11.5. The van der Waals surface area contributed by atoms with Gasteiger partial charge in [0.05, 0.1) is 11.9 Å². The first kappa shape index (κ1) is 22.7. The number of hydrogen-bond acceptors (Lipinski definition) is 6. The molecule has 2 heterocycles. The van der Waals surface area contributed by atoms with Crippen molar-refractivity contribution in [3.63, 3.8) is 0 Å². The lowest BCUT2D eigenvalue weighted by Gasteiger charge is -2.38. The number of carbonyl (C=O) groups excluding carboxylic acids is 1. The van der Waals surface area contributed by atoms with Crippen LogP contribution in [-0.4, -0.2) is 69.4 Å². The molecule has 0 spiro atoms. The van der Waals surface area contributed by atoms with Gasteiger partial charge in [-0.15, -0.1) is 0 Å². The van der Waals surface area contributed by atoms with Gasteiger partial charge in [-0.1, -0.05) is 17.7 Å². The summed E-state index contributed by atoms with van der Waals surface area (Å²) in [6.45, 7) is 5.08. The van der Waals surface area contributed by atoms with E-state index < -0.39 is 16.1 Å². The highest BCUT2D eigenvalue weighted by atomic mass is 35.5. The highest BCUT2D eigenvalue weighted by molar-refractivity contribution is 7.92. The molecular formula is C22H26ClN3O5S. The highest BCUT2D eigenvalue weighted by Crippen LogP contribution is 2.33. The molecule has 0 saturated carbocycles. The number of rotatable bonds is 6. The van der Waals surface area contributed by atoms with Crippen LogP contribution in [-0.2, 0) is 21.4 Å². The van der Waals surface area contributed by atoms with E-state index in [1.807, 2.05) is 18.2 Å². The lowest BCUT2D eigenvalue weighted by Crippen LogP contribution is -2.55. The summed E-state index contributed by atoms with van der Waals surface area (Å²) >= 11 is 5.93. The fourth-order valence-corrected chi connectivity index (χ4v) is 5.37. The maximum atomic E-state index is 13.2. The number of halogens is 1. The summed E-state index contributed by atoms with van der Waals surface area (Å²) in [5, 5.41) is 0.500. The first-order chi connectivity index (χ1) is 15.2. The van der Waals surface area contributed by atoms with E-state index in [1.54, 1.807) is 36.1 Å². The van der Waals surface area contributed by atoms with E-state index in [0.29, 0.717) is 36.9 Å². The number of nitrogens with zero attached hydrogens (tertiary/aromatic N) is 3. The Morgan fingerprint density at radius 3 is 2.38 bits per heavy atom. The van der Waals surface area contributed by atoms with Crippen molar-refractivity contribution in [1.82, 2.24) is 9.80 Å². The van der Waals surface area contributed by atoms with Gasteiger partial charge >= 0.3 is 0 Å². The van der Waals surface area contributed by atoms with Crippen molar-refractivity contribution in [2.45, 2.75) is 19.5 Å². The largest absolute Gasteiger partial charge is 0.454 e. The van der Waals surface area contributed by atoms with Gasteiger partial charge in [0.1, 0.15) is 6.04 Å². The van der Waals surface area contributed by atoms with Gasteiger partial charge in [0.15, 0.2) is 11.5 Å². The standard InChI is InChI=1S/C22H26ClN3O5S/c1-16(26(32(2,28)29)19-6-4-18(23)5-7-19)22(27)25-11-9-24(10-12-25)14-17-3-8-20-21(13-17)31-15-30-20/h3-8,13,16H,9-12,14-15H2,1-2H3. The SMILES string of the molecule is CC(C(=O)N1CCN(Cc2ccc3c(c2)OCO3)CC1)N(c1ccc(Cl)cc1)S(C)(=O)=O. The maximum absolute atomic E-state index is 13.2. The van der Waals surface area contributed by atoms with Crippen LogP contribution in [0.1, 0.15) is 12.5 Å². The van der Waals surface area contributed by atoms with E-state index in [1.165, 1.54) is 0 Å². The van der Waals surface area contributed by atoms with Gasteiger partial charge in [-0.3, -0.25) is 14.0 Å². The van der Waals surface area contributed by atoms with Gasteiger partial charge < -0.3 is 14.4 Å². The fourth-order valence-electron chi connectivity index (χ4n) is 4.08. The molecule has 1 amide bonds. The van der Waals surface area contributed by atoms with Crippen LogP contribution in [0.15, 0.2) is 42.5 Å². The Hall–Kier alpha value is -2.49. The van der Waals surface area contributed by atoms with Crippen LogP contribution < -0.4 is 13.8 Å². The van der Waals surface area contributed by atoms with Crippen LogP contribution in [0.5, 0.6) is 11.5 Å². The Balaban J connectivity index is 1.39. The first-order valence-corrected chi connectivity index (χ1v) is 12.6. The molecule has 10 heteroatoms. The van der Waals surface area contributed by atoms with Crippen molar-refractivity contribution in [1.29, 1.82) is 0 Å². The number of sulfonamides is 1. The molecule has 0 aliphatic carbocycles. The number of amides is 1. The molecule has 2 aliphatic heterocycles. The smallest absolute Gasteiger partial charge is 0.246 e. The predicted molar refractivity (Wildman–Crippen MR) is 123 cm³/mol. The summed E-state index contributed by atoms with van der Waals surface area (Å²) < 4.78 is 36.9. The van der Waals surface area contributed by atoms with E-state index in [2.05, 4.69) is 4.90 Å². The van der Waals surface area contributed by atoms with E-state index in [-0.39, 0.29) is 12.7 Å². The summed E-state index contributed by atoms with van der Waals surface area (Å²) in [7, 11) is -3.66. The number of piperazine rings is 1. The van der Waals surface area contributed by atoms with E-state index in [0.717, 1.165) is 34.2 Å². The Morgan fingerprint density at radius 2 is 1.72 bits per heavy atom. The topological polar surface area (TPSA) is 79.4 Å². The average Bonchev–Trinajstić information content (AvgIpc) is 3.22. The molecule has 1 unspecified atom stereocenters. The number of fused-ring (bicyclic) bond motifs is 1. The number of carbonyl (C=O) groups is 1. The van der Waals surface area contributed by atoms with Crippen LogP contribution >= 0.6 is 11.6 Å². The van der Waals surface area contributed by atoms with Crippen LogP contribution in [0.4, 0.5) is 5.69 Å².